The molecule has 0 unspecified atom stereocenters. The molecular formula is C18H20ClN3O2. The summed E-state index contributed by atoms with van der Waals surface area (Å²) < 4.78 is 0. The molecule has 1 aromatic carbocycles. The smallest absolute Gasteiger partial charge is 0.239 e. The average molecular weight is 346 g/mol. The number of nitrogens with one attached hydrogen (secondary N) is 1. The van der Waals surface area contributed by atoms with Gasteiger partial charge in [-0.15, -0.1) is 0 Å². The molecule has 0 aliphatic rings. The molecule has 0 fully saturated rings. The van der Waals surface area contributed by atoms with Gasteiger partial charge in [0.2, 0.25) is 11.8 Å². The molecule has 0 bridgehead atoms. The van der Waals surface area contributed by atoms with Gasteiger partial charge < -0.3 is 10.2 Å². The predicted molar refractivity (Wildman–Crippen MR) is 93.5 cm³/mol. The summed E-state index contributed by atoms with van der Waals surface area (Å²) in [5.74, 6) is -0.312. The quantitative estimate of drug-likeness (QED) is 0.838. The Labute approximate surface area is 146 Å². The number of carbonyl (C=O) groups excluding carboxylic acids is 2. The summed E-state index contributed by atoms with van der Waals surface area (Å²) in [4.78, 5) is 29.2. The summed E-state index contributed by atoms with van der Waals surface area (Å²) in [5, 5.41) is 3.53. The molecule has 1 aromatic heterocycles. The summed E-state index contributed by atoms with van der Waals surface area (Å²) >= 11 is 5.84. The van der Waals surface area contributed by atoms with Gasteiger partial charge in [0.1, 0.15) is 0 Å². The number of halogens is 1. The first-order valence-electron chi connectivity index (χ1n) is 7.70. The Bertz CT molecular complexity index is 674. The van der Waals surface area contributed by atoms with Gasteiger partial charge in [0, 0.05) is 37.4 Å². The highest BCUT2D eigenvalue weighted by atomic mass is 35.5. The lowest BCUT2D eigenvalue weighted by Crippen LogP contribution is -2.39. The van der Waals surface area contributed by atoms with Gasteiger partial charge in [-0.25, -0.2) is 0 Å². The topological polar surface area (TPSA) is 62.3 Å². The predicted octanol–water partition coefficient (Wildman–Crippen LogP) is 2.44. The zero-order valence-electron chi connectivity index (χ0n) is 13.5. The molecule has 0 radical (unpaired) electrons. The van der Waals surface area contributed by atoms with Crippen LogP contribution in [-0.4, -0.2) is 34.8 Å². The van der Waals surface area contributed by atoms with Gasteiger partial charge >= 0.3 is 0 Å². The molecule has 2 aromatic rings. The van der Waals surface area contributed by atoms with Gasteiger partial charge in [-0.1, -0.05) is 23.7 Å². The molecule has 0 atom stereocenters. The summed E-state index contributed by atoms with van der Waals surface area (Å²) in [7, 11) is 0. The molecule has 1 heterocycles. The van der Waals surface area contributed by atoms with Crippen molar-refractivity contribution in [1.29, 1.82) is 0 Å². The van der Waals surface area contributed by atoms with E-state index >= 15 is 0 Å². The number of hydrogen-bond acceptors (Lipinski definition) is 3. The summed E-state index contributed by atoms with van der Waals surface area (Å²) in [5.41, 5.74) is 2.04. The third-order valence-corrected chi connectivity index (χ3v) is 3.80. The maximum Gasteiger partial charge on any atom is 0.239 e. The van der Waals surface area contributed by atoms with E-state index in [2.05, 4.69) is 10.3 Å². The van der Waals surface area contributed by atoms with E-state index in [-0.39, 0.29) is 18.4 Å². The van der Waals surface area contributed by atoms with E-state index in [1.165, 1.54) is 11.8 Å². The van der Waals surface area contributed by atoms with Gasteiger partial charge in [0.25, 0.3) is 0 Å². The number of nitrogens with zero attached hydrogens (tertiary/aromatic N) is 2. The lowest BCUT2D eigenvalue weighted by Gasteiger charge is -2.20. The highest BCUT2D eigenvalue weighted by Crippen LogP contribution is 2.09. The van der Waals surface area contributed by atoms with Gasteiger partial charge in [-0.3, -0.25) is 14.6 Å². The third-order valence-electron chi connectivity index (χ3n) is 3.55. The number of rotatable bonds is 7. The lowest BCUT2D eigenvalue weighted by molar-refractivity contribution is -0.134. The molecule has 126 valence electrons. The minimum atomic E-state index is -0.173. The van der Waals surface area contributed by atoms with E-state index in [4.69, 9.17) is 11.6 Å². The molecule has 0 spiro atoms. The molecule has 0 aliphatic heterocycles. The van der Waals surface area contributed by atoms with Crippen molar-refractivity contribution in [1.82, 2.24) is 15.2 Å². The zero-order valence-corrected chi connectivity index (χ0v) is 14.3. The Kier molecular flexibility index (Phi) is 6.75. The second-order valence-corrected chi connectivity index (χ2v) is 5.89. The van der Waals surface area contributed by atoms with E-state index in [0.717, 1.165) is 11.1 Å². The fourth-order valence-electron chi connectivity index (χ4n) is 2.21. The number of hydrogen-bond donors (Lipinski definition) is 1. The van der Waals surface area contributed by atoms with Gasteiger partial charge in [-0.2, -0.15) is 0 Å². The highest BCUT2D eigenvalue weighted by Gasteiger charge is 2.13. The third kappa shape index (κ3) is 6.01. The van der Waals surface area contributed by atoms with E-state index in [1.54, 1.807) is 12.4 Å². The van der Waals surface area contributed by atoms with Crippen LogP contribution in [0.2, 0.25) is 5.02 Å². The van der Waals surface area contributed by atoms with Crippen LogP contribution in [0.3, 0.4) is 0 Å². The van der Waals surface area contributed by atoms with Crippen molar-refractivity contribution >= 4 is 23.4 Å². The van der Waals surface area contributed by atoms with Gasteiger partial charge in [0.15, 0.2) is 0 Å². The largest absolute Gasteiger partial charge is 0.354 e. The van der Waals surface area contributed by atoms with Crippen LogP contribution in [0.4, 0.5) is 0 Å². The van der Waals surface area contributed by atoms with Gasteiger partial charge in [-0.05, 0) is 41.8 Å². The number of benzene rings is 1. The zero-order chi connectivity index (χ0) is 17.4. The van der Waals surface area contributed by atoms with Crippen LogP contribution in [0.15, 0.2) is 48.8 Å². The molecule has 24 heavy (non-hydrogen) atoms. The van der Waals surface area contributed by atoms with Crippen LogP contribution in [0.5, 0.6) is 0 Å². The first kappa shape index (κ1) is 17.9. The first-order chi connectivity index (χ1) is 11.5. The second kappa shape index (κ2) is 9.03. The Balaban J connectivity index is 1.80. The van der Waals surface area contributed by atoms with Crippen LogP contribution in [-0.2, 0) is 22.6 Å². The standard InChI is InChI=1S/C18H20ClN3O2/c1-14(23)22(12-16-6-9-20-10-7-16)13-18(24)21-11-8-15-2-4-17(19)5-3-15/h2-7,9-10H,8,11-13H2,1H3,(H,21,24). The Morgan fingerprint density at radius 1 is 1.08 bits per heavy atom. The van der Waals surface area contributed by atoms with Crippen LogP contribution in [0.1, 0.15) is 18.1 Å². The Morgan fingerprint density at radius 3 is 2.38 bits per heavy atom. The van der Waals surface area contributed by atoms with Crippen LogP contribution in [0, 0.1) is 0 Å². The monoisotopic (exact) mass is 345 g/mol. The van der Waals surface area contributed by atoms with E-state index in [9.17, 15) is 9.59 Å². The Morgan fingerprint density at radius 2 is 1.75 bits per heavy atom. The minimum Gasteiger partial charge on any atom is -0.354 e. The molecule has 0 saturated carbocycles. The Hall–Kier alpha value is -2.40. The van der Waals surface area contributed by atoms with Crippen molar-refractivity contribution in [3.63, 3.8) is 0 Å². The highest BCUT2D eigenvalue weighted by molar-refractivity contribution is 6.30. The lowest BCUT2D eigenvalue weighted by atomic mass is 10.1. The molecule has 2 amide bonds. The maximum atomic E-state index is 12.1. The first-order valence-corrected chi connectivity index (χ1v) is 8.08. The van der Waals surface area contributed by atoms with Crippen LogP contribution >= 0.6 is 11.6 Å². The summed E-state index contributed by atoms with van der Waals surface area (Å²) in [6, 6.07) is 11.2. The molecule has 0 saturated heterocycles. The van der Waals surface area contributed by atoms with Crippen LogP contribution in [0.25, 0.3) is 0 Å². The molecule has 0 aliphatic carbocycles. The van der Waals surface area contributed by atoms with Crippen molar-refractivity contribution in [2.75, 3.05) is 13.1 Å². The minimum absolute atomic E-state index is 0.0400. The molecule has 1 N–H and O–H groups in total. The normalized spacial score (nSPS) is 10.2. The number of amides is 2. The molecule has 6 heteroatoms. The molecule has 5 nitrogen and oxygen atoms in total. The van der Waals surface area contributed by atoms with E-state index in [0.29, 0.717) is 24.5 Å². The van der Waals surface area contributed by atoms with Crippen molar-refractivity contribution in [3.8, 4) is 0 Å². The molecule has 2 rings (SSSR count). The molecular weight excluding hydrogens is 326 g/mol. The van der Waals surface area contributed by atoms with Gasteiger partial charge in [0.05, 0.1) is 6.54 Å². The number of aromatic nitrogens is 1. The van der Waals surface area contributed by atoms with Crippen molar-refractivity contribution in [3.05, 3.63) is 64.9 Å². The van der Waals surface area contributed by atoms with Crippen molar-refractivity contribution in [2.24, 2.45) is 0 Å². The average Bonchev–Trinajstić information content (AvgIpc) is 2.57. The van der Waals surface area contributed by atoms with Crippen molar-refractivity contribution < 1.29 is 9.59 Å². The fourth-order valence-corrected chi connectivity index (χ4v) is 2.34. The van der Waals surface area contributed by atoms with E-state index < -0.39 is 0 Å². The number of pyridine rings is 1. The SMILES string of the molecule is CC(=O)N(CC(=O)NCCc1ccc(Cl)cc1)Cc1ccncc1. The summed E-state index contributed by atoms with van der Waals surface area (Å²) in [6.45, 7) is 2.41. The summed E-state index contributed by atoms with van der Waals surface area (Å²) in [6.07, 6.45) is 4.05. The fraction of sp³-hybridized carbons (Fsp3) is 0.278. The van der Waals surface area contributed by atoms with E-state index in [1.807, 2.05) is 36.4 Å². The maximum absolute atomic E-state index is 12.1. The van der Waals surface area contributed by atoms with Crippen molar-refractivity contribution in [2.45, 2.75) is 19.9 Å². The second-order valence-electron chi connectivity index (χ2n) is 5.46. The number of carbonyl (C=O) groups is 2. The van der Waals surface area contributed by atoms with Crippen LogP contribution < -0.4 is 5.32 Å².